The molecule has 0 aromatic carbocycles. The number of imidazole rings is 1. The van der Waals surface area contributed by atoms with E-state index >= 15 is 0 Å². The molecule has 1 atom stereocenters. The minimum atomic E-state index is -0.0488. The number of nitrogens with zero attached hydrogens (tertiary/aromatic N) is 2. The first-order valence-corrected chi connectivity index (χ1v) is 7.07. The standard InChI is InChI=1S/C14H25N3O/c1-4-10-17-11-9-16-13(17)12(15-5-2)14(18-3)7-6-8-14/h9,11-12,15H,4-8,10H2,1-3H3. The minimum Gasteiger partial charge on any atom is -0.376 e. The lowest BCUT2D eigenvalue weighted by molar-refractivity contribution is -0.102. The highest BCUT2D eigenvalue weighted by Crippen LogP contribution is 2.44. The molecule has 1 aromatic rings. The lowest BCUT2D eigenvalue weighted by Crippen LogP contribution is -2.51. The molecule has 1 aliphatic rings. The van der Waals surface area contributed by atoms with Gasteiger partial charge in [-0.05, 0) is 32.2 Å². The number of hydrogen-bond acceptors (Lipinski definition) is 3. The van der Waals surface area contributed by atoms with Crippen molar-refractivity contribution in [1.29, 1.82) is 0 Å². The second-order valence-electron chi connectivity index (χ2n) is 5.09. The highest BCUT2D eigenvalue weighted by Gasteiger charge is 2.46. The number of nitrogens with one attached hydrogen (secondary N) is 1. The molecule has 0 saturated heterocycles. The molecule has 18 heavy (non-hydrogen) atoms. The summed E-state index contributed by atoms with van der Waals surface area (Å²) in [6, 6.07) is 0.211. The molecule has 1 unspecified atom stereocenters. The molecule has 2 rings (SSSR count). The van der Waals surface area contributed by atoms with Crippen molar-refractivity contribution in [3.05, 3.63) is 18.2 Å². The Bertz CT molecular complexity index is 365. The summed E-state index contributed by atoms with van der Waals surface area (Å²) >= 11 is 0. The largest absolute Gasteiger partial charge is 0.376 e. The second kappa shape index (κ2) is 5.85. The Hall–Kier alpha value is -0.870. The molecule has 4 heteroatoms. The van der Waals surface area contributed by atoms with Crippen molar-refractivity contribution in [1.82, 2.24) is 14.9 Å². The quantitative estimate of drug-likeness (QED) is 0.809. The predicted octanol–water partition coefficient (Wildman–Crippen LogP) is 2.51. The first kappa shape index (κ1) is 13.6. The lowest BCUT2D eigenvalue weighted by atomic mass is 9.74. The van der Waals surface area contributed by atoms with Gasteiger partial charge in [0.05, 0.1) is 11.6 Å². The zero-order valence-corrected chi connectivity index (χ0v) is 11.8. The van der Waals surface area contributed by atoms with Crippen LogP contribution in [0, 0.1) is 0 Å². The molecule has 1 aromatic heterocycles. The number of aryl methyl sites for hydroxylation is 1. The number of aromatic nitrogens is 2. The van der Waals surface area contributed by atoms with Crippen LogP contribution in [0.2, 0.25) is 0 Å². The maximum absolute atomic E-state index is 5.83. The SMILES string of the molecule is CCCn1ccnc1C(NCC)C1(OC)CCC1. The molecule has 1 heterocycles. The van der Waals surface area contributed by atoms with Gasteiger partial charge in [-0.3, -0.25) is 0 Å². The molecule has 0 radical (unpaired) electrons. The van der Waals surface area contributed by atoms with Crippen molar-refractivity contribution in [3.8, 4) is 0 Å². The Morgan fingerprint density at radius 1 is 1.50 bits per heavy atom. The van der Waals surface area contributed by atoms with Gasteiger partial charge in [-0.2, -0.15) is 0 Å². The molecule has 1 N–H and O–H groups in total. The fraction of sp³-hybridized carbons (Fsp3) is 0.786. The van der Waals surface area contributed by atoms with E-state index < -0.39 is 0 Å². The van der Waals surface area contributed by atoms with Crippen molar-refractivity contribution < 1.29 is 4.74 Å². The van der Waals surface area contributed by atoms with Gasteiger partial charge in [0, 0.05) is 26.0 Å². The highest BCUT2D eigenvalue weighted by atomic mass is 16.5. The van der Waals surface area contributed by atoms with Crippen LogP contribution >= 0.6 is 0 Å². The number of methoxy groups -OCH3 is 1. The van der Waals surface area contributed by atoms with E-state index in [0.717, 1.165) is 38.2 Å². The minimum absolute atomic E-state index is 0.0488. The summed E-state index contributed by atoms with van der Waals surface area (Å²) < 4.78 is 8.09. The fourth-order valence-corrected chi connectivity index (χ4v) is 2.86. The van der Waals surface area contributed by atoms with Gasteiger partial charge in [-0.1, -0.05) is 13.8 Å². The molecule has 4 nitrogen and oxygen atoms in total. The Balaban J connectivity index is 2.26. The van der Waals surface area contributed by atoms with Gasteiger partial charge in [0.15, 0.2) is 0 Å². The van der Waals surface area contributed by atoms with Crippen molar-refractivity contribution in [2.45, 2.75) is 57.7 Å². The van der Waals surface area contributed by atoms with Gasteiger partial charge < -0.3 is 14.6 Å². The maximum atomic E-state index is 5.83. The molecule has 0 spiro atoms. The number of likely N-dealkylation sites (N-methyl/N-ethyl adjacent to an activating group) is 1. The Kier molecular flexibility index (Phi) is 4.40. The smallest absolute Gasteiger partial charge is 0.128 e. The molecule has 0 bridgehead atoms. The van der Waals surface area contributed by atoms with Gasteiger partial charge in [-0.15, -0.1) is 0 Å². The Morgan fingerprint density at radius 3 is 2.78 bits per heavy atom. The van der Waals surface area contributed by atoms with E-state index in [-0.39, 0.29) is 11.6 Å². The van der Waals surface area contributed by atoms with Crippen LogP contribution < -0.4 is 5.32 Å². The Labute approximate surface area is 110 Å². The average molecular weight is 251 g/mol. The summed E-state index contributed by atoms with van der Waals surface area (Å²) in [7, 11) is 1.83. The highest BCUT2D eigenvalue weighted by molar-refractivity contribution is 5.11. The van der Waals surface area contributed by atoms with E-state index in [4.69, 9.17) is 4.74 Å². The van der Waals surface area contributed by atoms with Crippen LogP contribution in [0.3, 0.4) is 0 Å². The average Bonchev–Trinajstić information content (AvgIpc) is 2.76. The van der Waals surface area contributed by atoms with Crippen LogP contribution in [-0.4, -0.2) is 28.8 Å². The molecular weight excluding hydrogens is 226 g/mol. The number of ether oxygens (including phenoxy) is 1. The van der Waals surface area contributed by atoms with E-state index in [1.54, 1.807) is 0 Å². The van der Waals surface area contributed by atoms with Crippen molar-refractivity contribution in [2.24, 2.45) is 0 Å². The van der Waals surface area contributed by atoms with E-state index in [2.05, 4.69) is 34.9 Å². The summed E-state index contributed by atoms with van der Waals surface area (Å²) in [5.41, 5.74) is -0.0488. The van der Waals surface area contributed by atoms with Crippen LogP contribution in [-0.2, 0) is 11.3 Å². The zero-order valence-electron chi connectivity index (χ0n) is 11.8. The fourth-order valence-electron chi connectivity index (χ4n) is 2.86. The topological polar surface area (TPSA) is 39.1 Å². The predicted molar refractivity (Wildman–Crippen MR) is 72.5 cm³/mol. The summed E-state index contributed by atoms with van der Waals surface area (Å²) in [6.45, 7) is 6.30. The van der Waals surface area contributed by atoms with E-state index in [1.807, 2.05) is 13.3 Å². The van der Waals surface area contributed by atoms with Crippen molar-refractivity contribution in [3.63, 3.8) is 0 Å². The van der Waals surface area contributed by atoms with Crippen LogP contribution in [0.15, 0.2) is 12.4 Å². The van der Waals surface area contributed by atoms with Gasteiger partial charge in [0.25, 0.3) is 0 Å². The number of rotatable bonds is 7. The first-order chi connectivity index (χ1) is 8.77. The third-order valence-corrected chi connectivity index (χ3v) is 4.01. The summed E-state index contributed by atoms with van der Waals surface area (Å²) in [4.78, 5) is 4.57. The normalized spacial score (nSPS) is 19.5. The van der Waals surface area contributed by atoms with Crippen LogP contribution in [0.25, 0.3) is 0 Å². The molecule has 0 amide bonds. The van der Waals surface area contributed by atoms with Crippen molar-refractivity contribution >= 4 is 0 Å². The van der Waals surface area contributed by atoms with Gasteiger partial charge >= 0.3 is 0 Å². The zero-order chi connectivity index (χ0) is 13.0. The molecule has 1 aliphatic carbocycles. The van der Waals surface area contributed by atoms with Crippen LogP contribution in [0.5, 0.6) is 0 Å². The van der Waals surface area contributed by atoms with Crippen molar-refractivity contribution in [2.75, 3.05) is 13.7 Å². The van der Waals surface area contributed by atoms with Gasteiger partial charge in [-0.25, -0.2) is 4.98 Å². The van der Waals surface area contributed by atoms with Gasteiger partial charge in [0.2, 0.25) is 0 Å². The molecule has 102 valence electrons. The summed E-state index contributed by atoms with van der Waals surface area (Å²) in [6.07, 6.45) is 8.61. The molecule has 0 aliphatic heterocycles. The van der Waals surface area contributed by atoms with E-state index in [9.17, 15) is 0 Å². The second-order valence-corrected chi connectivity index (χ2v) is 5.09. The molecule has 1 fully saturated rings. The van der Waals surface area contributed by atoms with Crippen LogP contribution in [0.1, 0.15) is 51.4 Å². The monoisotopic (exact) mass is 251 g/mol. The van der Waals surface area contributed by atoms with E-state index in [0.29, 0.717) is 0 Å². The van der Waals surface area contributed by atoms with Crippen LogP contribution in [0.4, 0.5) is 0 Å². The molecule has 1 saturated carbocycles. The maximum Gasteiger partial charge on any atom is 0.128 e. The third-order valence-electron chi connectivity index (χ3n) is 4.01. The summed E-state index contributed by atoms with van der Waals surface area (Å²) in [5.74, 6) is 1.13. The first-order valence-electron chi connectivity index (χ1n) is 7.07. The molecular formula is C14H25N3O. The number of hydrogen-bond donors (Lipinski definition) is 1. The Morgan fingerprint density at radius 2 is 2.28 bits per heavy atom. The van der Waals surface area contributed by atoms with E-state index in [1.165, 1.54) is 6.42 Å². The summed E-state index contributed by atoms with van der Waals surface area (Å²) in [5, 5.41) is 3.57. The lowest BCUT2D eigenvalue weighted by Gasteiger charge is -2.46. The van der Waals surface area contributed by atoms with Gasteiger partial charge in [0.1, 0.15) is 5.82 Å². The third kappa shape index (κ3) is 2.31.